The molecule has 0 aromatic rings. The van der Waals surface area contributed by atoms with Gasteiger partial charge >= 0.3 is 0 Å². The van der Waals surface area contributed by atoms with E-state index in [0.717, 1.165) is 19.3 Å². The van der Waals surface area contributed by atoms with Gasteiger partial charge < -0.3 is 15.8 Å². The summed E-state index contributed by atoms with van der Waals surface area (Å²) in [5.41, 5.74) is 5.42. The number of hydrogen-bond donors (Lipinski definition) is 2. The van der Waals surface area contributed by atoms with Crippen LogP contribution in [0.25, 0.3) is 0 Å². The van der Waals surface area contributed by atoms with Crippen molar-refractivity contribution >= 4 is 5.91 Å². The second kappa shape index (κ2) is 7.63. The van der Waals surface area contributed by atoms with Crippen molar-refractivity contribution in [2.45, 2.75) is 58.1 Å². The third-order valence-corrected chi connectivity index (χ3v) is 3.44. The first-order valence-electron chi connectivity index (χ1n) is 6.11. The lowest BCUT2D eigenvalue weighted by Gasteiger charge is -2.32. The van der Waals surface area contributed by atoms with Crippen molar-refractivity contribution in [3.63, 3.8) is 0 Å². The molecule has 0 rings (SSSR count). The lowest BCUT2D eigenvalue weighted by atomic mass is 9.89. The smallest absolute Gasteiger partial charge is 0.223 e. The van der Waals surface area contributed by atoms with Gasteiger partial charge in [0.25, 0.3) is 0 Å². The molecule has 0 spiro atoms. The van der Waals surface area contributed by atoms with Crippen molar-refractivity contribution < 1.29 is 9.53 Å². The molecule has 96 valence electrons. The highest BCUT2D eigenvalue weighted by molar-refractivity contribution is 5.77. The van der Waals surface area contributed by atoms with Crippen LogP contribution in [-0.2, 0) is 9.53 Å². The Labute approximate surface area is 98.9 Å². The predicted molar refractivity (Wildman–Crippen MR) is 66.2 cm³/mol. The largest absolute Gasteiger partial charge is 0.380 e. The molecular weight excluding hydrogens is 204 g/mol. The molecule has 0 radical (unpaired) electrons. The van der Waals surface area contributed by atoms with Crippen LogP contribution in [0.3, 0.4) is 0 Å². The zero-order chi connectivity index (χ0) is 12.6. The van der Waals surface area contributed by atoms with Gasteiger partial charge in [-0.05, 0) is 19.3 Å². The van der Waals surface area contributed by atoms with Crippen LogP contribution >= 0.6 is 0 Å². The molecule has 0 aliphatic heterocycles. The summed E-state index contributed by atoms with van der Waals surface area (Å²) in [5, 5.41) is 3.10. The fourth-order valence-electron chi connectivity index (χ4n) is 1.83. The van der Waals surface area contributed by atoms with E-state index in [0.29, 0.717) is 13.0 Å². The van der Waals surface area contributed by atoms with E-state index in [1.54, 1.807) is 7.11 Å². The third-order valence-electron chi connectivity index (χ3n) is 3.44. The fourth-order valence-corrected chi connectivity index (χ4v) is 1.83. The number of hydrogen-bond acceptors (Lipinski definition) is 3. The molecule has 0 aliphatic rings. The molecule has 0 aromatic heterocycles. The first-order valence-corrected chi connectivity index (χ1v) is 6.11. The number of amides is 1. The summed E-state index contributed by atoms with van der Waals surface area (Å²) >= 11 is 0. The number of ether oxygens (including phenoxy) is 1. The van der Waals surface area contributed by atoms with Crippen LogP contribution in [0.5, 0.6) is 0 Å². The van der Waals surface area contributed by atoms with Crippen LogP contribution < -0.4 is 11.1 Å². The maximum atomic E-state index is 11.8. The van der Waals surface area contributed by atoms with Crippen molar-refractivity contribution in [3.05, 3.63) is 0 Å². The van der Waals surface area contributed by atoms with Crippen molar-refractivity contribution in [2.75, 3.05) is 13.7 Å². The summed E-state index contributed by atoms with van der Waals surface area (Å²) in [7, 11) is 1.58. The Balaban J connectivity index is 4.30. The zero-order valence-corrected chi connectivity index (χ0v) is 11.0. The van der Waals surface area contributed by atoms with Gasteiger partial charge in [-0.25, -0.2) is 0 Å². The molecule has 1 atom stereocenters. The minimum Gasteiger partial charge on any atom is -0.380 e. The van der Waals surface area contributed by atoms with Gasteiger partial charge in [-0.2, -0.15) is 0 Å². The summed E-state index contributed by atoms with van der Waals surface area (Å²) in [5.74, 6) is 0.0304. The van der Waals surface area contributed by atoms with Gasteiger partial charge in [0.15, 0.2) is 0 Å². The summed E-state index contributed by atoms with van der Waals surface area (Å²) in [6.45, 7) is 6.68. The number of carbonyl (C=O) groups excluding carboxylic acids is 1. The van der Waals surface area contributed by atoms with E-state index in [1.807, 2.05) is 0 Å². The van der Waals surface area contributed by atoms with Gasteiger partial charge in [0.1, 0.15) is 0 Å². The summed E-state index contributed by atoms with van der Waals surface area (Å²) in [6.07, 6.45) is 3.02. The van der Waals surface area contributed by atoms with Gasteiger partial charge in [-0.1, -0.05) is 20.8 Å². The lowest BCUT2D eigenvalue weighted by molar-refractivity contribution is -0.125. The molecular formula is C12H26N2O2. The molecule has 0 heterocycles. The van der Waals surface area contributed by atoms with E-state index in [9.17, 15) is 4.79 Å². The van der Waals surface area contributed by atoms with Crippen LogP contribution in [-0.4, -0.2) is 31.2 Å². The van der Waals surface area contributed by atoms with Gasteiger partial charge in [0.2, 0.25) is 5.91 Å². The van der Waals surface area contributed by atoms with Crippen molar-refractivity contribution in [2.24, 2.45) is 5.73 Å². The van der Waals surface area contributed by atoms with Crippen LogP contribution in [0.4, 0.5) is 0 Å². The quantitative estimate of drug-likeness (QED) is 0.663. The van der Waals surface area contributed by atoms with E-state index in [-0.39, 0.29) is 17.6 Å². The molecule has 0 saturated heterocycles. The first kappa shape index (κ1) is 15.4. The van der Waals surface area contributed by atoms with E-state index in [4.69, 9.17) is 10.5 Å². The maximum Gasteiger partial charge on any atom is 0.223 e. The summed E-state index contributed by atoms with van der Waals surface area (Å²) < 4.78 is 5.10. The van der Waals surface area contributed by atoms with Crippen LogP contribution in [0.1, 0.15) is 46.5 Å². The van der Waals surface area contributed by atoms with Crippen LogP contribution in [0, 0.1) is 0 Å². The highest BCUT2D eigenvalue weighted by Crippen LogP contribution is 2.19. The minimum atomic E-state index is -0.178. The maximum absolute atomic E-state index is 11.8. The Bertz CT molecular complexity index is 191. The summed E-state index contributed by atoms with van der Waals surface area (Å²) in [4.78, 5) is 11.8. The Kier molecular flexibility index (Phi) is 7.34. The number of methoxy groups -OCH3 is 1. The topological polar surface area (TPSA) is 64.4 Å². The second-order valence-electron chi connectivity index (χ2n) is 4.19. The lowest BCUT2D eigenvalue weighted by Crippen LogP contribution is -2.48. The summed E-state index contributed by atoms with van der Waals surface area (Å²) in [6, 6.07) is 0. The molecule has 1 amide bonds. The predicted octanol–water partition coefficient (Wildman–Crippen LogP) is 1.44. The molecule has 0 fully saturated rings. The van der Waals surface area contributed by atoms with Crippen LogP contribution in [0.2, 0.25) is 0 Å². The second-order valence-corrected chi connectivity index (χ2v) is 4.19. The van der Waals surface area contributed by atoms with E-state index in [2.05, 4.69) is 26.1 Å². The number of nitrogens with one attached hydrogen (secondary N) is 1. The van der Waals surface area contributed by atoms with Gasteiger partial charge in [0.05, 0.1) is 12.5 Å². The van der Waals surface area contributed by atoms with Gasteiger partial charge in [-0.15, -0.1) is 0 Å². The van der Waals surface area contributed by atoms with Gasteiger partial charge in [-0.3, -0.25) is 4.79 Å². The first-order chi connectivity index (χ1) is 7.57. The number of rotatable bonds is 8. The fraction of sp³-hybridized carbons (Fsp3) is 0.917. The normalized spacial score (nSPS) is 13.6. The molecule has 0 bridgehead atoms. The average Bonchev–Trinajstić information content (AvgIpc) is 2.33. The Morgan fingerprint density at radius 3 is 2.12 bits per heavy atom. The SMILES string of the molecule is CCC(CC)(CC)NC(=O)CC(CN)OC. The van der Waals surface area contributed by atoms with Crippen molar-refractivity contribution in [3.8, 4) is 0 Å². The van der Waals surface area contributed by atoms with E-state index in [1.165, 1.54) is 0 Å². The Morgan fingerprint density at radius 1 is 1.31 bits per heavy atom. The highest BCUT2D eigenvalue weighted by Gasteiger charge is 2.26. The Hall–Kier alpha value is -0.610. The molecule has 0 aliphatic carbocycles. The molecule has 1 unspecified atom stereocenters. The third kappa shape index (κ3) is 4.49. The molecule has 16 heavy (non-hydrogen) atoms. The van der Waals surface area contributed by atoms with Crippen LogP contribution in [0.15, 0.2) is 0 Å². The highest BCUT2D eigenvalue weighted by atomic mass is 16.5. The molecule has 4 nitrogen and oxygen atoms in total. The zero-order valence-electron chi connectivity index (χ0n) is 11.0. The molecule has 4 heteroatoms. The minimum absolute atomic E-state index is 0.0304. The Morgan fingerprint density at radius 2 is 1.81 bits per heavy atom. The molecule has 3 N–H and O–H groups in total. The number of nitrogens with two attached hydrogens (primary N) is 1. The standard InChI is InChI=1S/C12H26N2O2/c1-5-12(6-2,7-3)14-11(15)8-10(9-13)16-4/h10H,5-9,13H2,1-4H3,(H,14,15). The number of carbonyl (C=O) groups is 1. The van der Waals surface area contributed by atoms with Crippen molar-refractivity contribution in [1.29, 1.82) is 0 Å². The van der Waals surface area contributed by atoms with Gasteiger partial charge in [0, 0.05) is 19.2 Å². The average molecular weight is 230 g/mol. The monoisotopic (exact) mass is 230 g/mol. The molecule has 0 saturated carbocycles. The van der Waals surface area contributed by atoms with Crippen molar-refractivity contribution in [1.82, 2.24) is 5.32 Å². The molecule has 0 aromatic carbocycles. The van der Waals surface area contributed by atoms with E-state index < -0.39 is 0 Å². The van der Waals surface area contributed by atoms with E-state index >= 15 is 0 Å².